The number of carboxylic acid groups (broad SMARTS) is 1. The Hall–Kier alpha value is -0.760. The first kappa shape index (κ1) is 10.2. The molecule has 0 fully saturated rings. The van der Waals surface area contributed by atoms with E-state index in [4.69, 9.17) is 16.7 Å². The van der Waals surface area contributed by atoms with Crippen LogP contribution < -0.4 is 0 Å². The fourth-order valence-electron chi connectivity index (χ4n) is 0.443. The van der Waals surface area contributed by atoms with E-state index in [2.05, 4.69) is 0 Å². The van der Waals surface area contributed by atoms with Gasteiger partial charge in [-0.1, -0.05) is 18.2 Å². The van der Waals surface area contributed by atoms with Gasteiger partial charge in [0.1, 0.15) is 0 Å². The van der Waals surface area contributed by atoms with E-state index in [1.54, 1.807) is 19.1 Å². The van der Waals surface area contributed by atoms with E-state index < -0.39 is 5.97 Å². The largest absolute Gasteiger partial charge is 0.478 e. The Morgan fingerprint density at radius 1 is 1.64 bits per heavy atom. The number of aliphatic carboxylic acids is 1. The van der Waals surface area contributed by atoms with Gasteiger partial charge in [0.25, 0.3) is 0 Å². The second-order valence-corrected chi connectivity index (χ2v) is 2.44. The first-order valence-electron chi connectivity index (χ1n) is 3.31. The highest BCUT2D eigenvalue weighted by molar-refractivity contribution is 6.17. The molecule has 0 aliphatic heterocycles. The predicted octanol–water partition coefficient (Wildman–Crippen LogP) is 2.20. The third-order valence-corrected chi connectivity index (χ3v) is 1.31. The summed E-state index contributed by atoms with van der Waals surface area (Å²) in [7, 11) is 0. The van der Waals surface area contributed by atoms with Gasteiger partial charge in [0.2, 0.25) is 0 Å². The van der Waals surface area contributed by atoms with Crippen molar-refractivity contribution in [2.45, 2.75) is 13.3 Å². The van der Waals surface area contributed by atoms with Crippen LogP contribution in [0, 0.1) is 0 Å². The third kappa shape index (κ3) is 5.67. The highest BCUT2D eigenvalue weighted by atomic mass is 35.5. The fourth-order valence-corrected chi connectivity index (χ4v) is 0.569. The smallest absolute Gasteiger partial charge is 0.331 e. The van der Waals surface area contributed by atoms with E-state index in [1.807, 2.05) is 6.08 Å². The molecule has 3 heteroatoms. The zero-order chi connectivity index (χ0) is 8.69. The van der Waals surface area contributed by atoms with Gasteiger partial charge in [-0.05, 0) is 13.3 Å². The van der Waals surface area contributed by atoms with Crippen molar-refractivity contribution in [1.29, 1.82) is 0 Å². The monoisotopic (exact) mass is 174 g/mol. The minimum absolute atomic E-state index is 0.329. The average Bonchev–Trinajstić information content (AvgIpc) is 1.97. The Morgan fingerprint density at radius 2 is 2.27 bits per heavy atom. The lowest BCUT2D eigenvalue weighted by molar-refractivity contribution is -0.132. The molecular formula is C8H11ClO2. The number of allylic oxidation sites excluding steroid dienone is 3. The van der Waals surface area contributed by atoms with Crippen LogP contribution >= 0.6 is 11.6 Å². The molecule has 0 saturated heterocycles. The molecule has 0 spiro atoms. The van der Waals surface area contributed by atoms with Crippen LogP contribution in [-0.2, 0) is 4.79 Å². The fraction of sp³-hybridized carbons (Fsp3) is 0.375. The van der Waals surface area contributed by atoms with Crippen LogP contribution in [0.15, 0.2) is 23.8 Å². The number of hydrogen-bond acceptors (Lipinski definition) is 1. The van der Waals surface area contributed by atoms with E-state index in [0.717, 1.165) is 6.42 Å². The number of rotatable bonds is 4. The van der Waals surface area contributed by atoms with Gasteiger partial charge >= 0.3 is 5.97 Å². The summed E-state index contributed by atoms with van der Waals surface area (Å²) >= 11 is 5.39. The van der Waals surface area contributed by atoms with E-state index in [-0.39, 0.29) is 0 Å². The summed E-state index contributed by atoms with van der Waals surface area (Å²) in [4.78, 5) is 10.2. The van der Waals surface area contributed by atoms with Crippen molar-refractivity contribution in [2.75, 3.05) is 5.88 Å². The lowest BCUT2D eigenvalue weighted by Gasteiger charge is -1.87. The molecule has 0 bridgehead atoms. The Labute approximate surface area is 71.2 Å². The van der Waals surface area contributed by atoms with Gasteiger partial charge in [0, 0.05) is 11.5 Å². The first-order valence-corrected chi connectivity index (χ1v) is 3.84. The number of carboxylic acids is 1. The van der Waals surface area contributed by atoms with Crippen molar-refractivity contribution in [2.24, 2.45) is 0 Å². The molecule has 1 N–H and O–H groups in total. The van der Waals surface area contributed by atoms with Crippen LogP contribution in [0.5, 0.6) is 0 Å². The molecule has 0 rings (SSSR count). The molecule has 0 amide bonds. The van der Waals surface area contributed by atoms with Crippen LogP contribution in [0.1, 0.15) is 13.3 Å². The Balaban J connectivity index is 3.81. The number of alkyl halides is 1. The molecule has 2 nitrogen and oxygen atoms in total. The van der Waals surface area contributed by atoms with Crippen LogP contribution in [0.25, 0.3) is 0 Å². The van der Waals surface area contributed by atoms with E-state index in [1.165, 1.54) is 0 Å². The summed E-state index contributed by atoms with van der Waals surface area (Å²) in [5, 5.41) is 8.41. The first-order chi connectivity index (χ1) is 5.18. The van der Waals surface area contributed by atoms with Crippen molar-refractivity contribution in [3.63, 3.8) is 0 Å². The Bertz CT molecular complexity index is 183. The van der Waals surface area contributed by atoms with Gasteiger partial charge in [0.15, 0.2) is 0 Å². The van der Waals surface area contributed by atoms with Crippen LogP contribution in [0.3, 0.4) is 0 Å². The van der Waals surface area contributed by atoms with E-state index in [0.29, 0.717) is 11.5 Å². The molecule has 0 unspecified atom stereocenters. The Morgan fingerprint density at radius 3 is 2.73 bits per heavy atom. The topological polar surface area (TPSA) is 37.3 Å². The van der Waals surface area contributed by atoms with Crippen molar-refractivity contribution in [3.05, 3.63) is 23.8 Å². The van der Waals surface area contributed by atoms with Gasteiger partial charge in [-0.25, -0.2) is 4.79 Å². The molecule has 0 heterocycles. The van der Waals surface area contributed by atoms with Gasteiger partial charge in [0.05, 0.1) is 0 Å². The van der Waals surface area contributed by atoms with Crippen molar-refractivity contribution in [3.8, 4) is 0 Å². The maximum Gasteiger partial charge on any atom is 0.331 e. The summed E-state index contributed by atoms with van der Waals surface area (Å²) in [6, 6.07) is 0. The minimum atomic E-state index is -0.888. The third-order valence-electron chi connectivity index (χ3n) is 1.10. The molecule has 11 heavy (non-hydrogen) atoms. The maximum atomic E-state index is 10.2. The van der Waals surface area contributed by atoms with Crippen molar-refractivity contribution >= 4 is 17.6 Å². The SMILES string of the molecule is CC(=CC=CCCCl)C(=O)O. The molecule has 0 aliphatic rings. The molecule has 0 aromatic rings. The molecule has 0 atom stereocenters. The van der Waals surface area contributed by atoms with Gasteiger partial charge < -0.3 is 5.11 Å². The van der Waals surface area contributed by atoms with Gasteiger partial charge in [-0.3, -0.25) is 0 Å². The maximum absolute atomic E-state index is 10.2. The second-order valence-electron chi connectivity index (χ2n) is 2.06. The van der Waals surface area contributed by atoms with Crippen LogP contribution in [0.4, 0.5) is 0 Å². The Kier molecular flexibility index (Phi) is 5.57. The molecule has 0 saturated carbocycles. The quantitative estimate of drug-likeness (QED) is 0.403. The highest BCUT2D eigenvalue weighted by Gasteiger charge is 1.94. The zero-order valence-corrected chi connectivity index (χ0v) is 7.14. The van der Waals surface area contributed by atoms with Crippen LogP contribution in [0.2, 0.25) is 0 Å². The average molecular weight is 175 g/mol. The summed E-state index contributed by atoms with van der Waals surface area (Å²) in [5.41, 5.74) is 0.329. The van der Waals surface area contributed by atoms with Crippen LogP contribution in [-0.4, -0.2) is 17.0 Å². The molecule has 0 aromatic carbocycles. The summed E-state index contributed by atoms with van der Waals surface area (Å²) < 4.78 is 0. The van der Waals surface area contributed by atoms with Crippen molar-refractivity contribution < 1.29 is 9.90 Å². The minimum Gasteiger partial charge on any atom is -0.478 e. The zero-order valence-electron chi connectivity index (χ0n) is 6.38. The van der Waals surface area contributed by atoms with Gasteiger partial charge in [-0.2, -0.15) is 0 Å². The number of hydrogen-bond donors (Lipinski definition) is 1. The second kappa shape index (κ2) is 5.98. The van der Waals surface area contributed by atoms with Crippen molar-refractivity contribution in [1.82, 2.24) is 0 Å². The number of halogens is 1. The lowest BCUT2D eigenvalue weighted by Crippen LogP contribution is -1.94. The summed E-state index contributed by atoms with van der Waals surface area (Å²) in [6.07, 6.45) is 5.85. The molecular weight excluding hydrogens is 164 g/mol. The lowest BCUT2D eigenvalue weighted by atomic mass is 10.2. The highest BCUT2D eigenvalue weighted by Crippen LogP contribution is 1.94. The van der Waals surface area contributed by atoms with Gasteiger partial charge in [-0.15, -0.1) is 11.6 Å². The van der Waals surface area contributed by atoms with E-state index in [9.17, 15) is 4.79 Å². The van der Waals surface area contributed by atoms with E-state index >= 15 is 0 Å². The molecule has 62 valence electrons. The molecule has 0 radical (unpaired) electrons. The normalized spacial score (nSPS) is 12.4. The standard InChI is InChI=1S/C8H11ClO2/c1-7(8(10)11)5-3-2-4-6-9/h2-3,5H,4,6H2,1H3,(H,10,11). The number of carbonyl (C=O) groups is 1. The predicted molar refractivity (Wildman–Crippen MR) is 45.9 cm³/mol. The summed E-state index contributed by atoms with van der Waals surface area (Å²) in [5.74, 6) is -0.322. The molecule has 0 aliphatic carbocycles. The molecule has 0 aromatic heterocycles. The summed E-state index contributed by atoms with van der Waals surface area (Å²) in [6.45, 7) is 1.55.